The van der Waals surface area contributed by atoms with E-state index >= 15 is 0 Å². The Kier molecular flexibility index (Phi) is 9.98. The molecule has 0 aliphatic rings. The van der Waals surface area contributed by atoms with Gasteiger partial charge in [0.05, 0.1) is 25.9 Å². The normalized spacial score (nSPS) is 13.3. The summed E-state index contributed by atoms with van der Waals surface area (Å²) in [4.78, 5) is 0. The van der Waals surface area contributed by atoms with Gasteiger partial charge in [0.15, 0.2) is 0 Å². The second kappa shape index (κ2) is 12.1. The molecule has 0 radical (unpaired) electrons. The Morgan fingerprint density at radius 3 is 1.56 bits per heavy atom. The molecule has 0 amide bonds. The molecule has 0 fully saturated rings. The molecule has 0 aromatic heterocycles. The van der Waals surface area contributed by atoms with Crippen molar-refractivity contribution >= 4 is 0 Å². The maximum Gasteiger partial charge on any atom is 0.122 e. The van der Waals surface area contributed by atoms with Gasteiger partial charge in [0, 0.05) is 11.3 Å². The van der Waals surface area contributed by atoms with Gasteiger partial charge in [-0.2, -0.15) is 0 Å². The first-order valence-corrected chi connectivity index (χ1v) is 12.4. The van der Waals surface area contributed by atoms with Crippen LogP contribution in [0.3, 0.4) is 0 Å². The van der Waals surface area contributed by atoms with Gasteiger partial charge in [0.2, 0.25) is 0 Å². The van der Waals surface area contributed by atoms with Crippen LogP contribution < -0.4 is 9.47 Å². The smallest absolute Gasteiger partial charge is 0.122 e. The molecule has 34 heavy (non-hydrogen) atoms. The van der Waals surface area contributed by atoms with Gasteiger partial charge in [-0.3, -0.25) is 0 Å². The number of aliphatic hydroxyl groups excluding tert-OH is 3. The van der Waals surface area contributed by atoms with E-state index in [1.54, 1.807) is 0 Å². The van der Waals surface area contributed by atoms with Crippen LogP contribution in [0, 0.1) is 25.2 Å². The number of ether oxygens (including phenoxy) is 2. The summed E-state index contributed by atoms with van der Waals surface area (Å²) in [5.74, 6) is 1.29. The van der Waals surface area contributed by atoms with E-state index in [1.165, 1.54) is 11.1 Å². The molecule has 5 nitrogen and oxygen atoms in total. The lowest BCUT2D eigenvalue weighted by atomic mass is 9.70. The van der Waals surface area contributed by atoms with Crippen molar-refractivity contribution in [3.63, 3.8) is 0 Å². The summed E-state index contributed by atoms with van der Waals surface area (Å²) < 4.78 is 11.8. The first kappa shape index (κ1) is 28.2. The van der Waals surface area contributed by atoms with Crippen molar-refractivity contribution in [1.82, 2.24) is 0 Å². The van der Waals surface area contributed by atoms with Gasteiger partial charge in [-0.1, -0.05) is 58.9 Å². The van der Waals surface area contributed by atoms with Gasteiger partial charge in [0.25, 0.3) is 0 Å². The topological polar surface area (TPSA) is 79.2 Å². The van der Waals surface area contributed by atoms with Crippen LogP contribution >= 0.6 is 0 Å². The molecule has 3 N–H and O–H groups in total. The predicted molar refractivity (Wildman–Crippen MR) is 138 cm³/mol. The van der Waals surface area contributed by atoms with Gasteiger partial charge < -0.3 is 24.8 Å². The number of rotatable bonds is 12. The SMILES string of the molecule is CCC(CC)(c1ccc(OCC(CO)CO)c(C)c1)c1ccc(OC[C@H](O)C(C)(C)C)c(C)c1. The van der Waals surface area contributed by atoms with E-state index < -0.39 is 6.10 Å². The highest BCUT2D eigenvalue weighted by Crippen LogP contribution is 2.41. The minimum atomic E-state index is -0.536. The van der Waals surface area contributed by atoms with Gasteiger partial charge in [-0.15, -0.1) is 0 Å². The van der Waals surface area contributed by atoms with Crippen LogP contribution in [0.2, 0.25) is 0 Å². The van der Waals surface area contributed by atoms with Crippen LogP contribution in [-0.4, -0.2) is 47.9 Å². The fourth-order valence-corrected chi connectivity index (χ4v) is 4.24. The fraction of sp³-hybridized carbons (Fsp3) is 0.586. The quantitative estimate of drug-likeness (QED) is 0.397. The summed E-state index contributed by atoms with van der Waals surface area (Å²) in [5.41, 5.74) is 4.20. The molecule has 0 bridgehead atoms. The molecule has 0 heterocycles. The van der Waals surface area contributed by atoms with Crippen molar-refractivity contribution < 1.29 is 24.8 Å². The summed E-state index contributed by atoms with van der Waals surface area (Å²) in [7, 11) is 0. The van der Waals surface area contributed by atoms with Gasteiger partial charge in [0.1, 0.15) is 18.1 Å². The molecule has 2 aromatic carbocycles. The lowest BCUT2D eigenvalue weighted by Gasteiger charge is -2.34. The molecule has 0 unspecified atom stereocenters. The Morgan fingerprint density at radius 2 is 1.21 bits per heavy atom. The van der Waals surface area contributed by atoms with Crippen LogP contribution in [0.1, 0.15) is 69.7 Å². The monoisotopic (exact) mass is 472 g/mol. The molecule has 190 valence electrons. The molecule has 0 saturated carbocycles. The van der Waals surface area contributed by atoms with E-state index in [1.807, 2.05) is 39.8 Å². The van der Waals surface area contributed by atoms with Crippen LogP contribution in [0.15, 0.2) is 36.4 Å². The van der Waals surface area contributed by atoms with Gasteiger partial charge >= 0.3 is 0 Å². The number of aliphatic hydroxyl groups is 3. The van der Waals surface area contributed by atoms with E-state index in [9.17, 15) is 15.3 Å². The minimum absolute atomic E-state index is 0.101. The minimum Gasteiger partial charge on any atom is -0.493 e. The Labute approximate surface area is 205 Å². The van der Waals surface area contributed by atoms with E-state index in [0.29, 0.717) is 0 Å². The molecular formula is C29H44O5. The third-order valence-corrected chi connectivity index (χ3v) is 7.05. The Morgan fingerprint density at radius 1 is 0.765 bits per heavy atom. The molecule has 5 heteroatoms. The van der Waals surface area contributed by atoms with Gasteiger partial charge in [-0.25, -0.2) is 0 Å². The number of aryl methyl sites for hydroxylation is 2. The largest absolute Gasteiger partial charge is 0.493 e. The summed E-state index contributed by atoms with van der Waals surface area (Å²) in [6, 6.07) is 12.7. The van der Waals surface area contributed by atoms with Gasteiger partial charge in [-0.05, 0) is 66.5 Å². The summed E-state index contributed by atoms with van der Waals surface area (Å²) in [5, 5.41) is 28.9. The van der Waals surface area contributed by atoms with Crippen LogP contribution in [0.4, 0.5) is 0 Å². The summed E-state index contributed by atoms with van der Waals surface area (Å²) in [6.45, 7) is 14.9. The molecule has 0 spiro atoms. The van der Waals surface area contributed by atoms with Crippen molar-refractivity contribution in [3.8, 4) is 11.5 Å². The maximum absolute atomic E-state index is 10.3. The fourth-order valence-electron chi connectivity index (χ4n) is 4.24. The van der Waals surface area contributed by atoms with E-state index in [0.717, 1.165) is 35.5 Å². The van der Waals surface area contributed by atoms with Crippen molar-refractivity contribution in [3.05, 3.63) is 58.7 Å². The molecule has 2 aromatic rings. The van der Waals surface area contributed by atoms with Crippen LogP contribution in [-0.2, 0) is 5.41 Å². The zero-order valence-electron chi connectivity index (χ0n) is 22.0. The Balaban J connectivity index is 2.30. The van der Waals surface area contributed by atoms with Crippen molar-refractivity contribution in [2.45, 2.75) is 72.8 Å². The number of benzene rings is 2. The second-order valence-corrected chi connectivity index (χ2v) is 10.5. The Hall–Kier alpha value is -2.08. The van der Waals surface area contributed by atoms with Crippen molar-refractivity contribution in [2.75, 3.05) is 26.4 Å². The lowest BCUT2D eigenvalue weighted by Crippen LogP contribution is -2.32. The lowest BCUT2D eigenvalue weighted by molar-refractivity contribution is 0.0216. The summed E-state index contributed by atoms with van der Waals surface area (Å²) >= 11 is 0. The third-order valence-electron chi connectivity index (χ3n) is 7.05. The average molecular weight is 473 g/mol. The average Bonchev–Trinajstić information content (AvgIpc) is 2.80. The first-order valence-electron chi connectivity index (χ1n) is 12.4. The second-order valence-electron chi connectivity index (χ2n) is 10.5. The van der Waals surface area contributed by atoms with E-state index in [4.69, 9.17) is 9.47 Å². The standard InChI is InChI=1S/C29H44O5/c1-8-29(9-2,23-10-12-25(20(3)14-23)33-18-22(16-30)17-31)24-11-13-26(21(4)15-24)34-19-27(32)28(5,6)7/h10-15,22,27,30-32H,8-9,16-19H2,1-7H3/t27-/m0/s1. The first-order chi connectivity index (χ1) is 16.0. The maximum atomic E-state index is 10.3. The molecule has 1 atom stereocenters. The zero-order chi connectivity index (χ0) is 25.5. The number of hydrogen-bond acceptors (Lipinski definition) is 5. The molecule has 0 aliphatic carbocycles. The molecule has 2 rings (SSSR count). The van der Waals surface area contributed by atoms with Crippen LogP contribution in [0.25, 0.3) is 0 Å². The number of hydrogen-bond donors (Lipinski definition) is 3. The van der Waals surface area contributed by atoms with Crippen LogP contribution in [0.5, 0.6) is 11.5 Å². The predicted octanol–water partition coefficient (Wildman–Crippen LogP) is 5.17. The molecular weight excluding hydrogens is 428 g/mol. The van der Waals surface area contributed by atoms with Crippen molar-refractivity contribution in [1.29, 1.82) is 0 Å². The van der Waals surface area contributed by atoms with Crippen molar-refractivity contribution in [2.24, 2.45) is 11.3 Å². The van der Waals surface area contributed by atoms with E-state index in [2.05, 4.69) is 45.0 Å². The van der Waals surface area contributed by atoms with E-state index in [-0.39, 0.29) is 43.2 Å². The highest BCUT2D eigenvalue weighted by Gasteiger charge is 2.32. The molecule has 0 saturated heterocycles. The molecule has 0 aliphatic heterocycles. The summed E-state index contributed by atoms with van der Waals surface area (Å²) in [6.07, 6.45) is 1.36. The third kappa shape index (κ3) is 6.53. The highest BCUT2D eigenvalue weighted by molar-refractivity contribution is 5.48. The Bertz CT molecular complexity index is 907. The zero-order valence-corrected chi connectivity index (χ0v) is 22.0. The highest BCUT2D eigenvalue weighted by atomic mass is 16.5.